The maximum atomic E-state index is 11.9. The van der Waals surface area contributed by atoms with Crippen molar-refractivity contribution < 1.29 is 9.30 Å². The molecule has 0 saturated heterocycles. The third-order valence-corrected chi connectivity index (χ3v) is 4.52. The van der Waals surface area contributed by atoms with Gasteiger partial charge < -0.3 is 9.30 Å². The smallest absolute Gasteiger partial charge is 0.119 e. The molecule has 5 nitrogen and oxygen atoms in total. The molecule has 3 aromatic rings. The Labute approximate surface area is 141 Å². The quantitative estimate of drug-likeness (QED) is 0.637. The molecule has 3 rings (SSSR count). The van der Waals surface area contributed by atoms with Crippen molar-refractivity contribution in [2.45, 2.75) is 12.8 Å². The topological polar surface area (TPSA) is 57.0 Å². The van der Waals surface area contributed by atoms with Gasteiger partial charge in [-0.15, -0.1) is 5.10 Å². The van der Waals surface area contributed by atoms with Crippen LogP contribution < -0.4 is 4.74 Å². The zero-order valence-electron chi connectivity index (χ0n) is 13.8. The molecule has 0 bridgehead atoms. The van der Waals surface area contributed by atoms with Crippen molar-refractivity contribution >= 4 is 7.14 Å². The molecule has 6 heteroatoms. The van der Waals surface area contributed by atoms with E-state index in [2.05, 4.69) is 10.3 Å². The minimum atomic E-state index is -2.15. The predicted octanol–water partition coefficient (Wildman–Crippen LogP) is 3.97. The van der Waals surface area contributed by atoms with E-state index in [1.54, 1.807) is 18.0 Å². The second-order valence-electron chi connectivity index (χ2n) is 6.15. The third kappa shape index (κ3) is 4.56. The number of aromatic nitrogens is 3. The first-order chi connectivity index (χ1) is 11.5. The molecule has 0 unspecified atom stereocenters. The fraction of sp³-hybridized carbons (Fsp3) is 0.222. The molecule has 0 aliphatic rings. The van der Waals surface area contributed by atoms with Crippen molar-refractivity contribution in [3.05, 3.63) is 72.1 Å². The Balaban J connectivity index is 1.65. The van der Waals surface area contributed by atoms with Crippen LogP contribution in [-0.2, 0) is 17.3 Å². The van der Waals surface area contributed by atoms with E-state index in [0.717, 1.165) is 22.7 Å². The molecular formula is C18H20N3O2P. The van der Waals surface area contributed by atoms with E-state index in [4.69, 9.17) is 4.74 Å². The number of benzene rings is 2. The fourth-order valence-electron chi connectivity index (χ4n) is 2.32. The second kappa shape index (κ2) is 7.02. The van der Waals surface area contributed by atoms with E-state index in [0.29, 0.717) is 12.8 Å². The fourth-order valence-corrected chi connectivity index (χ4v) is 3.25. The predicted molar refractivity (Wildman–Crippen MR) is 95.3 cm³/mol. The van der Waals surface area contributed by atoms with Crippen LogP contribution >= 0.6 is 7.14 Å². The molecule has 2 aromatic carbocycles. The Kier molecular flexibility index (Phi) is 4.81. The molecule has 0 amide bonds. The largest absolute Gasteiger partial charge is 0.489 e. The second-order valence-corrected chi connectivity index (χ2v) is 9.62. The van der Waals surface area contributed by atoms with Gasteiger partial charge >= 0.3 is 0 Å². The zero-order valence-corrected chi connectivity index (χ0v) is 14.7. The van der Waals surface area contributed by atoms with E-state index in [9.17, 15) is 4.57 Å². The summed E-state index contributed by atoms with van der Waals surface area (Å²) in [5.74, 6) is 0.801. The molecule has 0 spiro atoms. The van der Waals surface area contributed by atoms with Crippen molar-refractivity contribution in [1.82, 2.24) is 15.0 Å². The monoisotopic (exact) mass is 341 g/mol. The van der Waals surface area contributed by atoms with Crippen LogP contribution in [0.3, 0.4) is 0 Å². The molecule has 0 aliphatic carbocycles. The number of rotatable bonds is 6. The summed E-state index contributed by atoms with van der Waals surface area (Å²) in [6, 6.07) is 17.7. The van der Waals surface area contributed by atoms with Gasteiger partial charge in [0.25, 0.3) is 0 Å². The lowest BCUT2D eigenvalue weighted by atomic mass is 10.2. The maximum absolute atomic E-state index is 11.9. The number of hydrogen-bond acceptors (Lipinski definition) is 4. The molecule has 24 heavy (non-hydrogen) atoms. The zero-order chi connectivity index (χ0) is 17.0. The Bertz CT molecular complexity index is 838. The molecule has 0 atom stereocenters. The standard InChI is InChI=1S/C18H20N3O2P/c1-24(2,22)14-16-12-21(20-19-16)17-8-10-18(11-9-17)23-13-15-6-4-3-5-7-15/h3-12H,13-14H2,1-2H3. The highest BCUT2D eigenvalue weighted by Crippen LogP contribution is 2.39. The Hall–Kier alpha value is -2.39. The summed E-state index contributed by atoms with van der Waals surface area (Å²) in [7, 11) is -2.15. The summed E-state index contributed by atoms with van der Waals surface area (Å²) in [6.07, 6.45) is 2.28. The number of hydrogen-bond donors (Lipinski definition) is 0. The highest BCUT2D eigenvalue weighted by atomic mass is 31.2. The number of ether oxygens (including phenoxy) is 1. The molecule has 0 saturated carbocycles. The Morgan fingerprint density at radius 2 is 1.75 bits per heavy atom. The van der Waals surface area contributed by atoms with E-state index < -0.39 is 7.14 Å². The van der Waals surface area contributed by atoms with Gasteiger partial charge in [0.2, 0.25) is 0 Å². The van der Waals surface area contributed by atoms with Crippen molar-refractivity contribution in [2.24, 2.45) is 0 Å². The molecule has 1 aromatic heterocycles. The summed E-state index contributed by atoms with van der Waals surface area (Å²) >= 11 is 0. The minimum absolute atomic E-state index is 0.464. The molecule has 0 fully saturated rings. The van der Waals surface area contributed by atoms with Gasteiger partial charge in [-0.1, -0.05) is 35.5 Å². The first-order valence-electron chi connectivity index (χ1n) is 7.72. The average molecular weight is 341 g/mol. The van der Waals surface area contributed by atoms with Crippen LogP contribution in [0.4, 0.5) is 0 Å². The first kappa shape index (κ1) is 16.5. The Morgan fingerprint density at radius 1 is 1.04 bits per heavy atom. The highest BCUT2D eigenvalue weighted by molar-refractivity contribution is 7.61. The van der Waals surface area contributed by atoms with Crippen LogP contribution in [0.15, 0.2) is 60.8 Å². The molecule has 0 radical (unpaired) electrons. The molecule has 0 N–H and O–H groups in total. The van der Waals surface area contributed by atoms with Crippen molar-refractivity contribution in [2.75, 3.05) is 13.3 Å². The van der Waals surface area contributed by atoms with Crippen LogP contribution in [0.2, 0.25) is 0 Å². The van der Waals surface area contributed by atoms with Gasteiger partial charge in [-0.3, -0.25) is 0 Å². The van der Waals surface area contributed by atoms with E-state index in [-0.39, 0.29) is 0 Å². The van der Waals surface area contributed by atoms with Crippen LogP contribution in [0.5, 0.6) is 5.75 Å². The summed E-state index contributed by atoms with van der Waals surface area (Å²) in [6.45, 7) is 4.05. The van der Waals surface area contributed by atoms with Crippen molar-refractivity contribution in [3.63, 3.8) is 0 Å². The van der Waals surface area contributed by atoms with Crippen molar-refractivity contribution in [3.8, 4) is 11.4 Å². The minimum Gasteiger partial charge on any atom is -0.489 e. The normalized spacial score (nSPS) is 11.4. The molecule has 1 heterocycles. The van der Waals surface area contributed by atoms with Gasteiger partial charge in [-0.25, -0.2) is 4.68 Å². The van der Waals surface area contributed by atoms with Gasteiger partial charge in [0, 0.05) is 6.16 Å². The average Bonchev–Trinajstić information content (AvgIpc) is 3.01. The lowest BCUT2D eigenvalue weighted by molar-refractivity contribution is 0.306. The Morgan fingerprint density at radius 3 is 2.42 bits per heavy atom. The molecule has 124 valence electrons. The number of nitrogens with zero attached hydrogens (tertiary/aromatic N) is 3. The lowest BCUT2D eigenvalue weighted by Gasteiger charge is -2.07. The summed E-state index contributed by atoms with van der Waals surface area (Å²) < 4.78 is 19.3. The maximum Gasteiger partial charge on any atom is 0.119 e. The van der Waals surface area contributed by atoms with Gasteiger partial charge in [0.15, 0.2) is 0 Å². The SMILES string of the molecule is CP(C)(=O)Cc1cn(-c2ccc(OCc3ccccc3)cc2)nn1. The van der Waals surface area contributed by atoms with E-state index >= 15 is 0 Å². The van der Waals surface area contributed by atoms with Crippen LogP contribution in [0.25, 0.3) is 5.69 Å². The third-order valence-electron chi connectivity index (χ3n) is 3.43. The summed E-state index contributed by atoms with van der Waals surface area (Å²) in [5.41, 5.74) is 2.77. The van der Waals surface area contributed by atoms with Crippen LogP contribution in [0.1, 0.15) is 11.3 Å². The van der Waals surface area contributed by atoms with Gasteiger partial charge in [0.05, 0.1) is 24.7 Å². The van der Waals surface area contributed by atoms with Crippen molar-refractivity contribution in [1.29, 1.82) is 0 Å². The van der Waals surface area contributed by atoms with Gasteiger partial charge in [-0.05, 0) is 43.2 Å². The van der Waals surface area contributed by atoms with Crippen LogP contribution in [0, 0.1) is 0 Å². The highest BCUT2D eigenvalue weighted by Gasteiger charge is 2.12. The summed E-state index contributed by atoms with van der Waals surface area (Å²) in [5, 5.41) is 8.18. The van der Waals surface area contributed by atoms with E-state index in [1.165, 1.54) is 0 Å². The molecular weight excluding hydrogens is 321 g/mol. The van der Waals surface area contributed by atoms with Gasteiger partial charge in [-0.2, -0.15) is 0 Å². The summed E-state index contributed by atoms with van der Waals surface area (Å²) in [4.78, 5) is 0. The first-order valence-corrected chi connectivity index (χ1v) is 10.5. The van der Waals surface area contributed by atoms with Gasteiger partial charge in [0.1, 0.15) is 12.4 Å². The lowest BCUT2D eigenvalue weighted by Crippen LogP contribution is -1.97. The van der Waals surface area contributed by atoms with E-state index in [1.807, 2.05) is 60.8 Å². The molecule has 0 aliphatic heterocycles. The van der Waals surface area contributed by atoms with Crippen LogP contribution in [-0.4, -0.2) is 28.3 Å².